The average Bonchev–Trinajstić information content (AvgIpc) is 3.04. The van der Waals surface area contributed by atoms with Gasteiger partial charge in [-0.05, 0) is 42.0 Å². The molecule has 7 rings (SSSR count). The van der Waals surface area contributed by atoms with Crippen LogP contribution >= 0.6 is 12.4 Å². The molecule has 6 nitrogen and oxygen atoms in total. The van der Waals surface area contributed by atoms with E-state index in [1.165, 1.54) is 11.3 Å². The summed E-state index contributed by atoms with van der Waals surface area (Å²) in [7, 11) is 2.09. The zero-order chi connectivity index (χ0) is 18.0. The number of piperidine rings is 4. The first kappa shape index (κ1) is 17.9. The fraction of sp³-hybridized carbons (Fsp3) is 0.700. The molecule has 6 aliphatic rings. The third kappa shape index (κ3) is 1.60. The Bertz CT molecular complexity index is 823. The van der Waals surface area contributed by atoms with Crippen LogP contribution in [0.25, 0.3) is 0 Å². The van der Waals surface area contributed by atoms with Gasteiger partial charge in [0.05, 0.1) is 12.1 Å². The number of nitroso groups, excluding NO2 is 1. The van der Waals surface area contributed by atoms with Crippen molar-refractivity contribution in [3.63, 3.8) is 0 Å². The van der Waals surface area contributed by atoms with E-state index in [1.807, 2.05) is 17.9 Å². The predicted molar refractivity (Wildman–Crippen MR) is 104 cm³/mol. The number of para-hydroxylation sites is 1. The lowest BCUT2D eigenvalue weighted by atomic mass is 9.61. The van der Waals surface area contributed by atoms with E-state index in [-0.39, 0.29) is 53.7 Å². The van der Waals surface area contributed by atoms with E-state index in [0.29, 0.717) is 6.42 Å². The molecule has 10 atom stereocenters. The SMILES string of the molecule is CC[C@H]1[C@H]2C[C@H]3[C@@H]4N(C)c5ccccc5[C@]45C[C@@H](C2[C@@H]5O)N3[C@@]1(O)N=O.Cl. The molecule has 4 saturated heterocycles. The summed E-state index contributed by atoms with van der Waals surface area (Å²) in [6.07, 6.45) is 2.00. The minimum Gasteiger partial charge on any atom is -0.392 e. The van der Waals surface area contributed by atoms with Gasteiger partial charge in [-0.3, -0.25) is 0 Å². The standard InChI is InChI=1S/C20H25N3O3.ClH/c1-3-11-10-8-14-17-19(12-6-4-5-7-13(12)22(17)2)9-15(16(10)18(19)24)23(14)20(11,25)21-26;/h4-7,10-11,14-18,24-25H,3,8-9H2,1-2H3;1H/t10-,11+,14+,15+,16?,17+,18+,19-,20+;/m1./s1. The van der Waals surface area contributed by atoms with E-state index in [0.717, 1.165) is 12.8 Å². The van der Waals surface area contributed by atoms with Crippen molar-refractivity contribution in [2.45, 2.75) is 61.7 Å². The highest BCUT2D eigenvalue weighted by Crippen LogP contribution is 2.70. The third-order valence-electron chi connectivity index (χ3n) is 8.67. The highest BCUT2D eigenvalue weighted by atomic mass is 35.5. The van der Waals surface area contributed by atoms with Gasteiger partial charge in [-0.15, -0.1) is 17.3 Å². The molecule has 2 N–H and O–H groups in total. The summed E-state index contributed by atoms with van der Waals surface area (Å²) in [5.74, 6) is -1.55. The monoisotopic (exact) mass is 391 g/mol. The van der Waals surface area contributed by atoms with Crippen molar-refractivity contribution in [2.24, 2.45) is 22.9 Å². The van der Waals surface area contributed by atoms with Crippen molar-refractivity contribution in [1.82, 2.24) is 4.90 Å². The summed E-state index contributed by atoms with van der Waals surface area (Å²) in [4.78, 5) is 16.1. The molecule has 5 fully saturated rings. The van der Waals surface area contributed by atoms with E-state index in [1.54, 1.807) is 0 Å². The molecule has 27 heavy (non-hydrogen) atoms. The maximum absolute atomic E-state index is 11.8. The van der Waals surface area contributed by atoms with Crippen molar-refractivity contribution >= 4 is 18.1 Å². The van der Waals surface area contributed by atoms with Crippen molar-refractivity contribution in [3.8, 4) is 0 Å². The topological polar surface area (TPSA) is 76.4 Å². The second kappa shape index (κ2) is 5.23. The quantitative estimate of drug-likeness (QED) is 0.755. The van der Waals surface area contributed by atoms with E-state index in [2.05, 4.69) is 35.3 Å². The Morgan fingerprint density at radius 1 is 1.30 bits per heavy atom. The number of hydrogen-bond acceptors (Lipinski definition) is 6. The first-order chi connectivity index (χ1) is 12.5. The molecular weight excluding hydrogens is 366 g/mol. The predicted octanol–water partition coefficient (Wildman–Crippen LogP) is 2.07. The van der Waals surface area contributed by atoms with Crippen LogP contribution in [-0.4, -0.2) is 52.2 Å². The summed E-state index contributed by atoms with van der Waals surface area (Å²) in [5.41, 5.74) is 2.13. The second-order valence-corrected chi connectivity index (χ2v) is 9.07. The Labute approximate surface area is 164 Å². The molecule has 146 valence electrons. The van der Waals surface area contributed by atoms with Gasteiger partial charge in [-0.25, -0.2) is 4.90 Å². The largest absolute Gasteiger partial charge is 0.392 e. The molecular formula is C20H26ClN3O3. The second-order valence-electron chi connectivity index (χ2n) is 9.07. The Morgan fingerprint density at radius 3 is 2.74 bits per heavy atom. The first-order valence-corrected chi connectivity index (χ1v) is 9.86. The van der Waals surface area contributed by atoms with E-state index in [9.17, 15) is 15.1 Å². The number of nitrogens with zero attached hydrogens (tertiary/aromatic N) is 3. The minimum atomic E-state index is -1.63. The Kier molecular flexibility index (Phi) is 3.46. The Morgan fingerprint density at radius 2 is 2.04 bits per heavy atom. The van der Waals surface area contributed by atoms with E-state index >= 15 is 0 Å². The maximum atomic E-state index is 11.8. The minimum absolute atomic E-state index is 0. The normalized spacial score (nSPS) is 53.1. The summed E-state index contributed by atoms with van der Waals surface area (Å²) in [6.45, 7) is 2.02. The molecule has 0 radical (unpaired) electrons. The van der Waals surface area contributed by atoms with Crippen LogP contribution < -0.4 is 4.90 Å². The van der Waals surface area contributed by atoms with Crippen LogP contribution in [0.5, 0.6) is 0 Å². The summed E-state index contributed by atoms with van der Waals surface area (Å²) in [5, 5.41) is 26.3. The molecule has 2 unspecified atom stereocenters. The Hall–Kier alpha value is -1.21. The fourth-order valence-electron chi connectivity index (χ4n) is 8.12. The number of aliphatic hydroxyl groups is 2. The van der Waals surface area contributed by atoms with Crippen LogP contribution in [0.3, 0.4) is 0 Å². The maximum Gasteiger partial charge on any atom is 0.259 e. The fourth-order valence-corrected chi connectivity index (χ4v) is 8.12. The van der Waals surface area contributed by atoms with Crippen LogP contribution in [0.15, 0.2) is 29.4 Å². The van der Waals surface area contributed by atoms with Crippen molar-refractivity contribution in [3.05, 3.63) is 34.7 Å². The zero-order valence-electron chi connectivity index (χ0n) is 15.5. The van der Waals surface area contributed by atoms with Gasteiger partial charge in [0.1, 0.15) is 0 Å². The van der Waals surface area contributed by atoms with Crippen LogP contribution in [0.2, 0.25) is 0 Å². The lowest BCUT2D eigenvalue weighted by Gasteiger charge is -2.64. The number of fused-ring (bicyclic) bond motifs is 2. The molecule has 1 aromatic rings. The first-order valence-electron chi connectivity index (χ1n) is 9.86. The summed E-state index contributed by atoms with van der Waals surface area (Å²) < 4.78 is 0. The van der Waals surface area contributed by atoms with Gasteiger partial charge in [0.15, 0.2) is 0 Å². The number of benzene rings is 1. The number of halogens is 1. The molecule has 5 aliphatic heterocycles. The number of aliphatic hydroxyl groups excluding tert-OH is 1. The van der Waals surface area contributed by atoms with Crippen molar-refractivity contribution in [2.75, 3.05) is 11.9 Å². The summed E-state index contributed by atoms with van der Waals surface area (Å²) in [6, 6.07) is 8.57. The Balaban J connectivity index is 0.00000160. The van der Waals surface area contributed by atoms with Gasteiger partial charge in [0, 0.05) is 42.1 Å². The van der Waals surface area contributed by atoms with Gasteiger partial charge >= 0.3 is 0 Å². The van der Waals surface area contributed by atoms with Gasteiger partial charge in [-0.1, -0.05) is 25.1 Å². The van der Waals surface area contributed by atoms with Gasteiger partial charge in [0.25, 0.3) is 5.85 Å². The van der Waals surface area contributed by atoms with Gasteiger partial charge < -0.3 is 15.1 Å². The lowest BCUT2D eigenvalue weighted by molar-refractivity contribution is -0.277. The lowest BCUT2D eigenvalue weighted by Crippen LogP contribution is -2.77. The number of anilines is 1. The summed E-state index contributed by atoms with van der Waals surface area (Å²) >= 11 is 0. The molecule has 0 aromatic heterocycles. The van der Waals surface area contributed by atoms with Gasteiger partial charge in [-0.2, -0.15) is 0 Å². The van der Waals surface area contributed by atoms with E-state index < -0.39 is 12.0 Å². The van der Waals surface area contributed by atoms with Crippen LogP contribution in [0.1, 0.15) is 31.7 Å². The molecule has 7 heteroatoms. The van der Waals surface area contributed by atoms with Gasteiger partial charge in [0.2, 0.25) is 0 Å². The number of rotatable bonds is 2. The van der Waals surface area contributed by atoms with Crippen LogP contribution in [0.4, 0.5) is 5.69 Å². The average molecular weight is 392 g/mol. The van der Waals surface area contributed by atoms with Crippen molar-refractivity contribution < 1.29 is 10.2 Å². The van der Waals surface area contributed by atoms with Crippen molar-refractivity contribution in [1.29, 1.82) is 0 Å². The number of hydrogen-bond donors (Lipinski definition) is 2. The van der Waals surface area contributed by atoms with Crippen LogP contribution in [-0.2, 0) is 5.41 Å². The highest BCUT2D eigenvalue weighted by molar-refractivity contribution is 5.85. The molecule has 1 aliphatic carbocycles. The van der Waals surface area contributed by atoms with Crippen LogP contribution in [0, 0.1) is 22.7 Å². The molecule has 1 spiro atoms. The smallest absolute Gasteiger partial charge is 0.259 e. The number of likely N-dealkylation sites (N-methyl/N-ethyl adjacent to an activating group) is 1. The third-order valence-corrected chi connectivity index (χ3v) is 8.67. The molecule has 5 heterocycles. The molecule has 0 amide bonds. The molecule has 5 bridgehead atoms. The molecule has 1 saturated carbocycles. The zero-order valence-corrected chi connectivity index (χ0v) is 16.3. The van der Waals surface area contributed by atoms with E-state index in [4.69, 9.17) is 0 Å². The highest BCUT2D eigenvalue weighted by Gasteiger charge is 2.79. The molecule has 1 aromatic carbocycles.